The van der Waals surface area contributed by atoms with Crippen LogP contribution in [0.25, 0.3) is 11.0 Å². The molecule has 7 heteroatoms. The fraction of sp³-hybridized carbons (Fsp3) is 0.286. The number of carboxylic acids is 1. The molecule has 0 atom stereocenters. The van der Waals surface area contributed by atoms with E-state index in [1.165, 1.54) is 6.07 Å². The van der Waals surface area contributed by atoms with Gasteiger partial charge in [0.1, 0.15) is 11.6 Å². The number of imidazole rings is 1. The van der Waals surface area contributed by atoms with Gasteiger partial charge in [0.05, 0.1) is 11.0 Å². The number of carboxylic acid groups (broad SMARTS) is 1. The molecule has 0 spiro atoms. The highest BCUT2D eigenvalue weighted by Gasteiger charge is 2.13. The van der Waals surface area contributed by atoms with Gasteiger partial charge in [0.2, 0.25) is 0 Å². The van der Waals surface area contributed by atoms with E-state index in [4.69, 9.17) is 14.8 Å². The zero-order valence-electron chi connectivity index (χ0n) is 15.9. The quantitative estimate of drug-likeness (QED) is 0.625. The third-order valence-corrected chi connectivity index (χ3v) is 4.28. The number of ether oxygens (including phenoxy) is 1. The van der Waals surface area contributed by atoms with Crippen molar-refractivity contribution in [2.45, 2.75) is 26.3 Å². The standard InChI is InChI=1S/C21H23N3O4/c1-14(2)24-18-9-4-3-8-17(18)23-19(24)10-11-22-21(27)15-6-5-7-16(12-15)28-13-20(25)26/h3-9,12,14H,10-11,13H2,1-2H3,(H,22,27)(H,25,26). The minimum Gasteiger partial charge on any atom is -0.482 e. The van der Waals surface area contributed by atoms with Gasteiger partial charge in [-0.25, -0.2) is 9.78 Å². The number of nitrogens with zero attached hydrogens (tertiary/aromatic N) is 2. The van der Waals surface area contributed by atoms with Gasteiger partial charge in [0, 0.05) is 24.6 Å². The van der Waals surface area contributed by atoms with Crippen molar-refractivity contribution in [3.8, 4) is 5.75 Å². The van der Waals surface area contributed by atoms with E-state index in [0.29, 0.717) is 24.3 Å². The van der Waals surface area contributed by atoms with Gasteiger partial charge in [-0.2, -0.15) is 0 Å². The van der Waals surface area contributed by atoms with Crippen LogP contribution in [0.15, 0.2) is 48.5 Å². The Morgan fingerprint density at radius 2 is 1.96 bits per heavy atom. The van der Waals surface area contributed by atoms with E-state index < -0.39 is 12.6 Å². The molecule has 0 radical (unpaired) electrons. The molecular formula is C21H23N3O4. The Labute approximate surface area is 163 Å². The summed E-state index contributed by atoms with van der Waals surface area (Å²) in [7, 11) is 0. The van der Waals surface area contributed by atoms with Crippen LogP contribution in [0, 0.1) is 0 Å². The first-order valence-electron chi connectivity index (χ1n) is 9.14. The second kappa shape index (κ2) is 8.56. The summed E-state index contributed by atoms with van der Waals surface area (Å²) in [4.78, 5) is 27.7. The van der Waals surface area contributed by atoms with Gasteiger partial charge in [-0.3, -0.25) is 4.79 Å². The van der Waals surface area contributed by atoms with Crippen molar-refractivity contribution >= 4 is 22.9 Å². The van der Waals surface area contributed by atoms with Crippen LogP contribution in [0.2, 0.25) is 0 Å². The number of carbonyl (C=O) groups is 2. The van der Waals surface area contributed by atoms with Crippen LogP contribution in [0.3, 0.4) is 0 Å². The molecule has 0 aliphatic carbocycles. The molecule has 0 fully saturated rings. The average Bonchev–Trinajstić information content (AvgIpc) is 3.05. The molecule has 0 unspecified atom stereocenters. The van der Waals surface area contributed by atoms with Crippen LogP contribution in [0.4, 0.5) is 0 Å². The first-order valence-corrected chi connectivity index (χ1v) is 9.14. The van der Waals surface area contributed by atoms with Crippen molar-refractivity contribution in [1.82, 2.24) is 14.9 Å². The highest BCUT2D eigenvalue weighted by Crippen LogP contribution is 2.21. The van der Waals surface area contributed by atoms with E-state index in [9.17, 15) is 9.59 Å². The fourth-order valence-corrected chi connectivity index (χ4v) is 3.11. The Hall–Kier alpha value is -3.35. The second-order valence-electron chi connectivity index (χ2n) is 6.70. The zero-order valence-corrected chi connectivity index (χ0v) is 15.9. The minimum absolute atomic E-state index is 0.243. The molecule has 28 heavy (non-hydrogen) atoms. The van der Waals surface area contributed by atoms with E-state index in [-0.39, 0.29) is 11.9 Å². The van der Waals surface area contributed by atoms with Gasteiger partial charge in [-0.15, -0.1) is 0 Å². The molecule has 3 aromatic rings. The highest BCUT2D eigenvalue weighted by atomic mass is 16.5. The van der Waals surface area contributed by atoms with Crippen molar-refractivity contribution < 1.29 is 19.4 Å². The molecule has 0 saturated carbocycles. The molecular weight excluding hydrogens is 358 g/mol. The maximum atomic E-state index is 12.4. The largest absolute Gasteiger partial charge is 0.482 e. The summed E-state index contributed by atoms with van der Waals surface area (Å²) in [5.74, 6) is -0.0393. The first-order chi connectivity index (χ1) is 13.5. The number of hydrogen-bond acceptors (Lipinski definition) is 4. The molecule has 0 bridgehead atoms. The van der Waals surface area contributed by atoms with Crippen LogP contribution in [-0.4, -0.2) is 39.7 Å². The van der Waals surface area contributed by atoms with Crippen molar-refractivity contribution in [1.29, 1.82) is 0 Å². The molecule has 7 nitrogen and oxygen atoms in total. The van der Waals surface area contributed by atoms with Crippen molar-refractivity contribution in [2.24, 2.45) is 0 Å². The molecule has 1 aromatic heterocycles. The van der Waals surface area contributed by atoms with Crippen LogP contribution in [0.5, 0.6) is 5.75 Å². The van der Waals surface area contributed by atoms with E-state index in [1.807, 2.05) is 24.3 Å². The molecule has 2 N–H and O–H groups in total. The molecule has 3 rings (SSSR count). The van der Waals surface area contributed by atoms with Gasteiger partial charge in [-0.1, -0.05) is 18.2 Å². The SMILES string of the molecule is CC(C)n1c(CCNC(=O)c2cccc(OCC(=O)O)c2)nc2ccccc21. The molecule has 1 amide bonds. The van der Waals surface area contributed by atoms with Gasteiger partial charge >= 0.3 is 5.97 Å². The van der Waals surface area contributed by atoms with E-state index >= 15 is 0 Å². The fourth-order valence-electron chi connectivity index (χ4n) is 3.11. The monoisotopic (exact) mass is 381 g/mol. The van der Waals surface area contributed by atoms with Gasteiger partial charge in [-0.05, 0) is 44.2 Å². The predicted octanol–water partition coefficient (Wildman–Crippen LogP) is 3.05. The van der Waals surface area contributed by atoms with Crippen molar-refractivity contribution in [2.75, 3.05) is 13.2 Å². The van der Waals surface area contributed by atoms with Crippen LogP contribution in [0.1, 0.15) is 36.1 Å². The van der Waals surface area contributed by atoms with Gasteiger partial charge in [0.15, 0.2) is 6.61 Å². The van der Waals surface area contributed by atoms with E-state index in [1.54, 1.807) is 18.2 Å². The Morgan fingerprint density at radius 3 is 2.71 bits per heavy atom. The Morgan fingerprint density at radius 1 is 1.18 bits per heavy atom. The topological polar surface area (TPSA) is 93.5 Å². The summed E-state index contributed by atoms with van der Waals surface area (Å²) >= 11 is 0. The lowest BCUT2D eigenvalue weighted by molar-refractivity contribution is -0.139. The zero-order chi connectivity index (χ0) is 20.1. The lowest BCUT2D eigenvalue weighted by atomic mass is 10.2. The number of para-hydroxylation sites is 2. The number of fused-ring (bicyclic) bond motifs is 1. The Kier molecular flexibility index (Phi) is 5.93. The molecule has 0 aliphatic rings. The normalized spacial score (nSPS) is 11.0. The van der Waals surface area contributed by atoms with Gasteiger partial charge in [0.25, 0.3) is 5.91 Å². The number of benzene rings is 2. The van der Waals surface area contributed by atoms with Crippen LogP contribution in [-0.2, 0) is 11.2 Å². The molecule has 1 heterocycles. The number of amides is 1. The van der Waals surface area contributed by atoms with E-state index in [2.05, 4.69) is 23.7 Å². The summed E-state index contributed by atoms with van der Waals surface area (Å²) < 4.78 is 7.30. The number of aromatic nitrogens is 2. The molecule has 146 valence electrons. The average molecular weight is 381 g/mol. The number of carbonyl (C=O) groups excluding carboxylic acids is 1. The Balaban J connectivity index is 1.65. The van der Waals surface area contributed by atoms with E-state index in [0.717, 1.165) is 16.9 Å². The predicted molar refractivity (Wildman–Crippen MR) is 106 cm³/mol. The van der Waals surface area contributed by atoms with Crippen LogP contribution < -0.4 is 10.1 Å². The van der Waals surface area contributed by atoms with Crippen molar-refractivity contribution in [3.63, 3.8) is 0 Å². The number of rotatable bonds is 8. The molecule has 0 aliphatic heterocycles. The third-order valence-electron chi connectivity index (χ3n) is 4.28. The molecule has 2 aromatic carbocycles. The summed E-state index contributed by atoms with van der Waals surface area (Å²) in [6.45, 7) is 4.21. The lowest BCUT2D eigenvalue weighted by Gasteiger charge is -2.13. The number of aliphatic carboxylic acids is 1. The third kappa shape index (κ3) is 4.49. The summed E-state index contributed by atoms with van der Waals surface area (Å²) in [5.41, 5.74) is 2.45. The highest BCUT2D eigenvalue weighted by molar-refractivity contribution is 5.94. The second-order valence-corrected chi connectivity index (χ2v) is 6.70. The summed E-state index contributed by atoms with van der Waals surface area (Å²) in [6, 6.07) is 14.7. The number of nitrogens with one attached hydrogen (secondary N) is 1. The maximum Gasteiger partial charge on any atom is 0.341 e. The maximum absolute atomic E-state index is 12.4. The summed E-state index contributed by atoms with van der Waals surface area (Å²) in [5, 5.41) is 11.6. The Bertz CT molecular complexity index is 994. The van der Waals surface area contributed by atoms with Crippen LogP contribution >= 0.6 is 0 Å². The first kappa shape index (κ1) is 19.4. The summed E-state index contributed by atoms with van der Waals surface area (Å²) in [6.07, 6.45) is 0.605. The lowest BCUT2D eigenvalue weighted by Crippen LogP contribution is -2.26. The van der Waals surface area contributed by atoms with Gasteiger partial charge < -0.3 is 19.7 Å². The molecule has 0 saturated heterocycles. The van der Waals surface area contributed by atoms with Crippen molar-refractivity contribution in [3.05, 3.63) is 59.9 Å². The minimum atomic E-state index is -1.07. The smallest absolute Gasteiger partial charge is 0.341 e. The number of hydrogen-bond donors (Lipinski definition) is 2.